The van der Waals surface area contributed by atoms with Gasteiger partial charge in [0.1, 0.15) is 0 Å². The fourth-order valence-electron chi connectivity index (χ4n) is 2.01. The monoisotopic (exact) mass is 318 g/mol. The highest BCUT2D eigenvalue weighted by Crippen LogP contribution is 2.27. The zero-order chi connectivity index (χ0) is 15.9. The summed E-state index contributed by atoms with van der Waals surface area (Å²) < 4.78 is 10.5. The molecule has 0 aliphatic carbocycles. The first-order valence-electron chi connectivity index (χ1n) is 6.88. The van der Waals surface area contributed by atoms with E-state index in [0.717, 1.165) is 21.9 Å². The van der Waals surface area contributed by atoms with Crippen molar-refractivity contribution in [2.75, 3.05) is 14.2 Å². The standard InChI is InChI=1S/C17H19ClN2O2/c1-12(13-8-9-16(21-2)17(10-13)22-3)20-19-11-14-6-4-5-7-15(14)18/h4-10,19H,11H2,1-3H3/b20-12-. The predicted molar refractivity (Wildman–Crippen MR) is 90.0 cm³/mol. The molecule has 0 aliphatic heterocycles. The van der Waals surface area contributed by atoms with Gasteiger partial charge >= 0.3 is 0 Å². The Balaban J connectivity index is 2.07. The second-order valence-electron chi connectivity index (χ2n) is 4.69. The van der Waals surface area contributed by atoms with E-state index in [1.54, 1.807) is 14.2 Å². The van der Waals surface area contributed by atoms with Crippen LogP contribution in [0.25, 0.3) is 0 Å². The van der Waals surface area contributed by atoms with Crippen LogP contribution in [0.3, 0.4) is 0 Å². The summed E-state index contributed by atoms with van der Waals surface area (Å²) in [4.78, 5) is 0. The summed E-state index contributed by atoms with van der Waals surface area (Å²) in [6.07, 6.45) is 0. The molecule has 0 unspecified atom stereocenters. The summed E-state index contributed by atoms with van der Waals surface area (Å²) in [6, 6.07) is 13.4. The molecule has 0 aromatic heterocycles. The van der Waals surface area contributed by atoms with Gasteiger partial charge in [0.2, 0.25) is 0 Å². The van der Waals surface area contributed by atoms with Crippen molar-refractivity contribution < 1.29 is 9.47 Å². The summed E-state index contributed by atoms with van der Waals surface area (Å²) >= 11 is 6.11. The van der Waals surface area contributed by atoms with Gasteiger partial charge in [0.15, 0.2) is 11.5 Å². The number of halogens is 1. The highest BCUT2D eigenvalue weighted by Gasteiger charge is 2.06. The molecule has 5 heteroatoms. The van der Waals surface area contributed by atoms with Crippen LogP contribution in [0, 0.1) is 0 Å². The van der Waals surface area contributed by atoms with Crippen molar-refractivity contribution in [1.29, 1.82) is 0 Å². The molecule has 2 aromatic rings. The fraction of sp³-hybridized carbons (Fsp3) is 0.235. The maximum Gasteiger partial charge on any atom is 0.161 e. The molecule has 0 bridgehead atoms. The highest BCUT2D eigenvalue weighted by molar-refractivity contribution is 6.31. The van der Waals surface area contributed by atoms with Gasteiger partial charge in [-0.2, -0.15) is 5.10 Å². The zero-order valence-electron chi connectivity index (χ0n) is 12.9. The lowest BCUT2D eigenvalue weighted by atomic mass is 10.1. The lowest BCUT2D eigenvalue weighted by molar-refractivity contribution is 0.355. The number of ether oxygens (including phenoxy) is 2. The first kappa shape index (κ1) is 16.2. The molecular weight excluding hydrogens is 300 g/mol. The van der Waals surface area contributed by atoms with Gasteiger partial charge in [0.05, 0.1) is 26.5 Å². The Morgan fingerprint density at radius 3 is 2.50 bits per heavy atom. The van der Waals surface area contributed by atoms with Gasteiger partial charge in [0, 0.05) is 10.6 Å². The quantitative estimate of drug-likeness (QED) is 0.649. The molecule has 116 valence electrons. The number of methoxy groups -OCH3 is 2. The van der Waals surface area contributed by atoms with Crippen LogP contribution in [0.5, 0.6) is 11.5 Å². The summed E-state index contributed by atoms with van der Waals surface area (Å²) in [5, 5.41) is 5.10. The number of nitrogens with one attached hydrogen (secondary N) is 1. The van der Waals surface area contributed by atoms with Crippen molar-refractivity contribution >= 4 is 17.3 Å². The third-order valence-electron chi connectivity index (χ3n) is 3.28. The third-order valence-corrected chi connectivity index (χ3v) is 3.64. The first-order valence-corrected chi connectivity index (χ1v) is 7.26. The first-order chi connectivity index (χ1) is 10.7. The number of hydrogen-bond donors (Lipinski definition) is 1. The molecule has 2 rings (SSSR count). The van der Waals surface area contributed by atoms with Gasteiger partial charge in [-0.25, -0.2) is 0 Å². The molecule has 0 heterocycles. The van der Waals surface area contributed by atoms with Crippen LogP contribution in [0.2, 0.25) is 5.02 Å². The highest BCUT2D eigenvalue weighted by atomic mass is 35.5. The number of hydrogen-bond acceptors (Lipinski definition) is 4. The molecule has 1 N–H and O–H groups in total. The van der Waals surface area contributed by atoms with Crippen LogP contribution in [0.4, 0.5) is 0 Å². The van der Waals surface area contributed by atoms with Crippen LogP contribution in [0.15, 0.2) is 47.6 Å². The predicted octanol–water partition coefficient (Wildman–Crippen LogP) is 3.87. The summed E-state index contributed by atoms with van der Waals surface area (Å²) in [7, 11) is 3.23. The van der Waals surface area contributed by atoms with E-state index in [1.807, 2.05) is 49.4 Å². The number of nitrogens with zero attached hydrogens (tertiary/aromatic N) is 1. The van der Waals surface area contributed by atoms with E-state index < -0.39 is 0 Å². The van der Waals surface area contributed by atoms with Gasteiger partial charge in [0.25, 0.3) is 0 Å². The number of benzene rings is 2. The SMILES string of the molecule is COc1ccc(/C(C)=N\NCc2ccccc2Cl)cc1OC. The average molecular weight is 319 g/mol. The Kier molecular flexibility index (Phi) is 5.67. The molecule has 0 spiro atoms. The van der Waals surface area contributed by atoms with E-state index in [2.05, 4.69) is 10.5 Å². The molecule has 0 atom stereocenters. The second kappa shape index (κ2) is 7.71. The van der Waals surface area contributed by atoms with E-state index in [0.29, 0.717) is 18.0 Å². The average Bonchev–Trinajstić information content (AvgIpc) is 2.55. The second-order valence-corrected chi connectivity index (χ2v) is 5.10. The van der Waals surface area contributed by atoms with E-state index in [4.69, 9.17) is 21.1 Å². The minimum atomic E-state index is 0.574. The molecule has 4 nitrogen and oxygen atoms in total. The topological polar surface area (TPSA) is 42.8 Å². The van der Waals surface area contributed by atoms with E-state index >= 15 is 0 Å². The molecule has 0 aliphatic rings. The number of hydrazone groups is 1. The lowest BCUT2D eigenvalue weighted by Gasteiger charge is -2.10. The largest absolute Gasteiger partial charge is 0.493 e. The van der Waals surface area contributed by atoms with Crippen molar-refractivity contribution in [3.05, 3.63) is 58.6 Å². The molecular formula is C17H19ClN2O2. The van der Waals surface area contributed by atoms with E-state index in [-0.39, 0.29) is 0 Å². The van der Waals surface area contributed by atoms with Gasteiger partial charge in [-0.3, -0.25) is 0 Å². The summed E-state index contributed by atoms with van der Waals surface area (Å²) in [5.74, 6) is 1.38. The van der Waals surface area contributed by atoms with Crippen molar-refractivity contribution in [2.24, 2.45) is 5.10 Å². The zero-order valence-corrected chi connectivity index (χ0v) is 13.6. The van der Waals surface area contributed by atoms with Crippen molar-refractivity contribution in [2.45, 2.75) is 13.5 Å². The van der Waals surface area contributed by atoms with Crippen molar-refractivity contribution in [1.82, 2.24) is 5.43 Å². The molecule has 0 saturated carbocycles. The van der Waals surface area contributed by atoms with Crippen LogP contribution in [-0.4, -0.2) is 19.9 Å². The van der Waals surface area contributed by atoms with E-state index in [1.165, 1.54) is 0 Å². The Morgan fingerprint density at radius 1 is 1.09 bits per heavy atom. The molecule has 2 aromatic carbocycles. The lowest BCUT2D eigenvalue weighted by Crippen LogP contribution is -2.09. The molecule has 0 amide bonds. The summed E-state index contributed by atoms with van der Waals surface area (Å²) in [5.41, 5.74) is 5.86. The smallest absolute Gasteiger partial charge is 0.161 e. The van der Waals surface area contributed by atoms with Gasteiger partial charge in [-0.15, -0.1) is 0 Å². The van der Waals surface area contributed by atoms with E-state index in [9.17, 15) is 0 Å². The fourth-order valence-corrected chi connectivity index (χ4v) is 2.21. The number of rotatable bonds is 6. The minimum Gasteiger partial charge on any atom is -0.493 e. The maximum atomic E-state index is 6.11. The van der Waals surface area contributed by atoms with Gasteiger partial charge in [-0.05, 0) is 36.8 Å². The Morgan fingerprint density at radius 2 is 1.82 bits per heavy atom. The minimum absolute atomic E-state index is 0.574. The Labute approximate surface area is 135 Å². The normalized spacial score (nSPS) is 11.2. The molecule has 0 saturated heterocycles. The van der Waals surface area contributed by atoms with Gasteiger partial charge in [-0.1, -0.05) is 29.8 Å². The van der Waals surface area contributed by atoms with Crippen molar-refractivity contribution in [3.8, 4) is 11.5 Å². The maximum absolute atomic E-state index is 6.11. The molecule has 22 heavy (non-hydrogen) atoms. The van der Waals surface area contributed by atoms with Crippen LogP contribution < -0.4 is 14.9 Å². The Hall–Kier alpha value is -2.20. The van der Waals surface area contributed by atoms with Crippen LogP contribution in [-0.2, 0) is 6.54 Å². The van der Waals surface area contributed by atoms with Crippen LogP contribution in [0.1, 0.15) is 18.1 Å². The molecule has 0 fully saturated rings. The third kappa shape index (κ3) is 3.92. The van der Waals surface area contributed by atoms with Gasteiger partial charge < -0.3 is 14.9 Å². The Bertz CT molecular complexity index is 671. The molecule has 0 radical (unpaired) electrons. The summed E-state index contributed by atoms with van der Waals surface area (Å²) in [6.45, 7) is 2.51. The van der Waals surface area contributed by atoms with Crippen LogP contribution >= 0.6 is 11.6 Å². The van der Waals surface area contributed by atoms with Crippen molar-refractivity contribution in [3.63, 3.8) is 0 Å².